The van der Waals surface area contributed by atoms with Crippen LogP contribution in [0, 0.1) is 0 Å². The fourth-order valence-electron chi connectivity index (χ4n) is 0.823. The maximum Gasteiger partial charge on any atom is 0.265 e. The highest BCUT2D eigenvalue weighted by molar-refractivity contribution is 7.85. The van der Waals surface area contributed by atoms with E-state index in [1.54, 1.807) is 0 Å². The highest BCUT2D eigenvalue weighted by Crippen LogP contribution is 2.34. The van der Waals surface area contributed by atoms with Crippen LogP contribution in [0.25, 0.3) is 0 Å². The van der Waals surface area contributed by atoms with Gasteiger partial charge in [0, 0.05) is 5.56 Å². The van der Waals surface area contributed by atoms with Gasteiger partial charge in [0.15, 0.2) is 10.1 Å². The molecule has 0 aliphatic rings. The zero-order valence-corrected chi connectivity index (χ0v) is 8.10. The molecule has 0 aliphatic heterocycles. The van der Waals surface area contributed by atoms with Gasteiger partial charge >= 0.3 is 0 Å². The van der Waals surface area contributed by atoms with Crippen LogP contribution in [0.15, 0.2) is 6.07 Å². The molecule has 0 bridgehead atoms. The minimum Gasteiger partial charge on any atom is -0.499 e. The Hall–Kier alpha value is -0.790. The number of hydrogen-bond acceptors (Lipinski definition) is 5. The minimum atomic E-state index is -4.02. The minimum absolute atomic E-state index is 0.0122. The smallest absolute Gasteiger partial charge is 0.265 e. The maximum absolute atomic E-state index is 10.3. The Bertz CT molecular complexity index is 391. The third-order valence-electron chi connectivity index (χ3n) is 1.40. The first-order valence-electron chi connectivity index (χ1n) is 3.34. The van der Waals surface area contributed by atoms with E-state index in [1.807, 2.05) is 0 Å². The molecule has 13 heavy (non-hydrogen) atoms. The third-order valence-corrected chi connectivity index (χ3v) is 2.91. The maximum atomic E-state index is 10.3. The van der Waals surface area contributed by atoms with Crippen LogP contribution < -0.4 is 0 Å². The van der Waals surface area contributed by atoms with E-state index in [0.29, 0.717) is 5.56 Å². The van der Waals surface area contributed by atoms with Crippen LogP contribution in [0.5, 0.6) is 10.1 Å². The molecule has 1 aromatic heterocycles. The van der Waals surface area contributed by atoms with Crippen molar-refractivity contribution in [3.8, 4) is 10.1 Å². The van der Waals surface area contributed by atoms with E-state index in [1.165, 1.54) is 6.07 Å². The van der Waals surface area contributed by atoms with E-state index in [0.717, 1.165) is 11.3 Å². The van der Waals surface area contributed by atoms with Crippen LogP contribution in [0.1, 0.15) is 5.56 Å². The molecular formula is C6H8O5S2. The predicted molar refractivity (Wildman–Crippen MR) is 47.8 cm³/mol. The van der Waals surface area contributed by atoms with Gasteiger partial charge in [0.25, 0.3) is 10.1 Å². The first kappa shape index (κ1) is 10.3. The van der Waals surface area contributed by atoms with Gasteiger partial charge in [-0.3, -0.25) is 4.55 Å². The normalized spacial score (nSPS) is 11.8. The summed E-state index contributed by atoms with van der Waals surface area (Å²) in [5.41, 5.74) is 0.320. The van der Waals surface area contributed by atoms with Crippen LogP contribution in [0.4, 0.5) is 0 Å². The zero-order valence-electron chi connectivity index (χ0n) is 6.47. The SMILES string of the molecule is O=S(=O)(O)CCc1cc(O)sc1O. The molecule has 1 rings (SSSR count). The quantitative estimate of drug-likeness (QED) is 0.653. The summed E-state index contributed by atoms with van der Waals surface area (Å²) in [6, 6.07) is 1.27. The number of hydrogen-bond donors (Lipinski definition) is 3. The van der Waals surface area contributed by atoms with Crippen LogP contribution in [0.2, 0.25) is 0 Å². The lowest BCUT2D eigenvalue weighted by Gasteiger charge is -1.95. The Morgan fingerprint density at radius 1 is 1.38 bits per heavy atom. The van der Waals surface area contributed by atoms with Crippen LogP contribution in [0.3, 0.4) is 0 Å². The number of rotatable bonds is 3. The predicted octanol–water partition coefficient (Wildman–Crippen LogP) is 0.590. The topological polar surface area (TPSA) is 94.8 Å². The lowest BCUT2D eigenvalue weighted by Crippen LogP contribution is -2.05. The summed E-state index contributed by atoms with van der Waals surface area (Å²) in [5, 5.41) is 17.8. The summed E-state index contributed by atoms with van der Waals surface area (Å²) < 4.78 is 29.1. The van der Waals surface area contributed by atoms with Gasteiger partial charge in [-0.15, -0.1) is 0 Å². The van der Waals surface area contributed by atoms with E-state index in [-0.39, 0.29) is 16.5 Å². The molecule has 0 spiro atoms. The summed E-state index contributed by atoms with van der Waals surface area (Å²) >= 11 is 0.754. The lowest BCUT2D eigenvalue weighted by molar-refractivity contribution is 0.477. The third kappa shape index (κ3) is 3.21. The van der Waals surface area contributed by atoms with Crippen LogP contribution in [-0.4, -0.2) is 28.9 Å². The second kappa shape index (κ2) is 3.52. The standard InChI is InChI=1S/C6H8O5S2/c7-5-3-4(6(8)12-5)1-2-13(9,10)11/h3,7-8H,1-2H2,(H,9,10,11). The van der Waals surface area contributed by atoms with Crippen molar-refractivity contribution in [2.45, 2.75) is 6.42 Å². The highest BCUT2D eigenvalue weighted by Gasteiger charge is 2.11. The second-order valence-corrected chi connectivity index (χ2v) is 5.03. The molecule has 0 aliphatic carbocycles. The van der Waals surface area contributed by atoms with Gasteiger partial charge in [-0.1, -0.05) is 11.3 Å². The fraction of sp³-hybridized carbons (Fsp3) is 0.333. The summed E-state index contributed by atoms with van der Waals surface area (Å²) in [4.78, 5) is 0. The van der Waals surface area contributed by atoms with Crippen molar-refractivity contribution in [3.63, 3.8) is 0 Å². The average molecular weight is 224 g/mol. The summed E-state index contributed by atoms with van der Waals surface area (Å²) in [7, 11) is -4.02. The first-order valence-corrected chi connectivity index (χ1v) is 5.77. The van der Waals surface area contributed by atoms with Gasteiger partial charge in [0.05, 0.1) is 5.75 Å². The summed E-state index contributed by atoms with van der Waals surface area (Å²) in [6.45, 7) is 0. The molecule has 0 unspecified atom stereocenters. The van der Waals surface area contributed by atoms with Crippen molar-refractivity contribution < 1.29 is 23.2 Å². The van der Waals surface area contributed by atoms with Crippen LogP contribution in [-0.2, 0) is 16.5 Å². The number of aryl methyl sites for hydroxylation is 1. The van der Waals surface area contributed by atoms with Crippen molar-refractivity contribution >= 4 is 21.5 Å². The Morgan fingerprint density at radius 3 is 2.38 bits per heavy atom. The van der Waals surface area contributed by atoms with Gasteiger partial charge in [-0.25, -0.2) is 0 Å². The molecule has 0 atom stereocenters. The van der Waals surface area contributed by atoms with E-state index < -0.39 is 15.9 Å². The zero-order chi connectivity index (χ0) is 10.1. The summed E-state index contributed by atoms with van der Waals surface area (Å²) in [5.74, 6) is -0.462. The largest absolute Gasteiger partial charge is 0.499 e. The molecule has 0 saturated carbocycles. The van der Waals surface area contributed by atoms with E-state index >= 15 is 0 Å². The molecule has 0 saturated heterocycles. The molecule has 5 nitrogen and oxygen atoms in total. The molecule has 0 fully saturated rings. The molecule has 0 amide bonds. The van der Waals surface area contributed by atoms with Crippen molar-refractivity contribution in [2.24, 2.45) is 0 Å². The Morgan fingerprint density at radius 2 is 2.00 bits per heavy atom. The molecule has 1 aromatic rings. The molecule has 0 aromatic carbocycles. The van der Waals surface area contributed by atoms with Gasteiger partial charge in [0.2, 0.25) is 0 Å². The van der Waals surface area contributed by atoms with Crippen molar-refractivity contribution in [3.05, 3.63) is 11.6 Å². The van der Waals surface area contributed by atoms with Gasteiger partial charge in [0.1, 0.15) is 0 Å². The van der Waals surface area contributed by atoms with E-state index in [9.17, 15) is 8.42 Å². The highest BCUT2D eigenvalue weighted by atomic mass is 32.2. The van der Waals surface area contributed by atoms with Crippen LogP contribution >= 0.6 is 11.3 Å². The van der Waals surface area contributed by atoms with Gasteiger partial charge in [-0.2, -0.15) is 8.42 Å². The Kier molecular flexibility index (Phi) is 2.79. The van der Waals surface area contributed by atoms with E-state index in [4.69, 9.17) is 14.8 Å². The average Bonchev–Trinajstić information content (AvgIpc) is 2.24. The molecule has 74 valence electrons. The lowest BCUT2D eigenvalue weighted by atomic mass is 10.2. The van der Waals surface area contributed by atoms with Crippen molar-refractivity contribution in [1.82, 2.24) is 0 Å². The Labute approximate surface area is 79.0 Å². The molecule has 7 heteroatoms. The second-order valence-electron chi connectivity index (χ2n) is 2.45. The molecular weight excluding hydrogens is 216 g/mol. The fourth-order valence-corrected chi connectivity index (χ4v) is 1.99. The number of aromatic hydroxyl groups is 2. The number of thiophene rings is 1. The van der Waals surface area contributed by atoms with Gasteiger partial charge < -0.3 is 10.2 Å². The molecule has 3 N–H and O–H groups in total. The molecule has 0 radical (unpaired) electrons. The van der Waals surface area contributed by atoms with Crippen molar-refractivity contribution in [2.75, 3.05) is 5.75 Å². The first-order chi connectivity index (χ1) is 5.88. The van der Waals surface area contributed by atoms with Gasteiger partial charge in [-0.05, 0) is 12.5 Å². The van der Waals surface area contributed by atoms with E-state index in [2.05, 4.69) is 0 Å². The molecule has 1 heterocycles. The van der Waals surface area contributed by atoms with Crippen molar-refractivity contribution in [1.29, 1.82) is 0 Å². The monoisotopic (exact) mass is 224 g/mol. The summed E-state index contributed by atoms with van der Waals surface area (Å²) in [6.07, 6.45) is -0.0122. The Balaban J connectivity index is 2.70.